The number of nitrogens with one attached hydrogen (secondary N) is 1. The minimum atomic E-state index is -0.146. The van der Waals surface area contributed by atoms with Crippen molar-refractivity contribution in [2.75, 3.05) is 24.2 Å². The van der Waals surface area contributed by atoms with Crippen LogP contribution in [-0.2, 0) is 9.53 Å². The van der Waals surface area contributed by atoms with Crippen molar-refractivity contribution in [3.8, 4) is 0 Å². The maximum atomic E-state index is 11.1. The molecule has 0 aliphatic carbocycles. The van der Waals surface area contributed by atoms with Crippen LogP contribution in [0.4, 0.5) is 11.4 Å². The number of nitrogens with two attached hydrogens (primary N) is 1. The van der Waals surface area contributed by atoms with Crippen LogP contribution in [0.15, 0.2) is 18.2 Å². The summed E-state index contributed by atoms with van der Waals surface area (Å²) in [6, 6.07) is 5.79. The maximum absolute atomic E-state index is 11.1. The van der Waals surface area contributed by atoms with Crippen LogP contribution < -0.4 is 11.1 Å². The van der Waals surface area contributed by atoms with Crippen molar-refractivity contribution in [1.29, 1.82) is 0 Å². The van der Waals surface area contributed by atoms with Gasteiger partial charge in [0, 0.05) is 13.0 Å². The Kier molecular flexibility index (Phi) is 5.33. The van der Waals surface area contributed by atoms with Crippen molar-refractivity contribution >= 4 is 17.3 Å². The molecule has 1 aromatic carbocycles. The van der Waals surface area contributed by atoms with Gasteiger partial charge in [-0.1, -0.05) is 12.1 Å². The third-order valence-electron chi connectivity index (χ3n) is 2.47. The lowest BCUT2D eigenvalue weighted by molar-refractivity contribution is -0.143. The molecule has 0 aromatic heterocycles. The van der Waals surface area contributed by atoms with Gasteiger partial charge in [-0.05, 0) is 31.9 Å². The molecule has 4 heteroatoms. The van der Waals surface area contributed by atoms with Gasteiger partial charge in [0.15, 0.2) is 0 Å². The van der Waals surface area contributed by atoms with Crippen LogP contribution in [0.2, 0.25) is 0 Å². The number of carbonyl (C=O) groups is 1. The highest BCUT2D eigenvalue weighted by atomic mass is 16.5. The molecule has 0 saturated heterocycles. The van der Waals surface area contributed by atoms with E-state index in [4.69, 9.17) is 10.5 Å². The molecule has 0 heterocycles. The molecule has 3 N–H and O–H groups in total. The lowest BCUT2D eigenvalue weighted by atomic mass is 10.1. The normalized spacial score (nSPS) is 10.0. The Hall–Kier alpha value is -1.71. The molecule has 94 valence electrons. The van der Waals surface area contributed by atoms with E-state index in [2.05, 4.69) is 5.32 Å². The first-order valence-electron chi connectivity index (χ1n) is 5.89. The smallest absolute Gasteiger partial charge is 0.305 e. The molecule has 0 radical (unpaired) electrons. The van der Waals surface area contributed by atoms with Gasteiger partial charge in [-0.15, -0.1) is 0 Å². The summed E-state index contributed by atoms with van der Waals surface area (Å²) in [6.45, 7) is 4.97. The number of aryl methyl sites for hydroxylation is 1. The Bertz CT molecular complexity index is 357. The number of rotatable bonds is 6. The van der Waals surface area contributed by atoms with Crippen molar-refractivity contribution in [3.63, 3.8) is 0 Å². The molecule has 0 spiro atoms. The Morgan fingerprint density at radius 2 is 2.24 bits per heavy atom. The van der Waals surface area contributed by atoms with Gasteiger partial charge in [-0.2, -0.15) is 0 Å². The zero-order chi connectivity index (χ0) is 12.7. The van der Waals surface area contributed by atoms with Crippen LogP contribution in [0.25, 0.3) is 0 Å². The highest BCUT2D eigenvalue weighted by molar-refractivity contribution is 5.70. The Morgan fingerprint density at radius 1 is 1.47 bits per heavy atom. The predicted molar refractivity (Wildman–Crippen MR) is 69.9 cm³/mol. The quantitative estimate of drug-likeness (QED) is 0.452. The largest absolute Gasteiger partial charge is 0.466 e. The standard InChI is InChI=1S/C13H20N2O2/c1-3-17-12(16)8-5-9-15-13-10(2)6-4-7-11(13)14/h4,6-7,15H,3,5,8-9,14H2,1-2H3. The van der Waals surface area contributed by atoms with E-state index in [1.54, 1.807) is 0 Å². The Morgan fingerprint density at radius 3 is 2.88 bits per heavy atom. The number of nitrogen functional groups attached to an aromatic ring is 1. The van der Waals surface area contributed by atoms with Crippen molar-refractivity contribution in [2.24, 2.45) is 0 Å². The summed E-state index contributed by atoms with van der Waals surface area (Å²) < 4.78 is 4.85. The monoisotopic (exact) mass is 236 g/mol. The molecule has 1 rings (SSSR count). The average molecular weight is 236 g/mol. The van der Waals surface area contributed by atoms with Gasteiger partial charge < -0.3 is 15.8 Å². The summed E-state index contributed by atoms with van der Waals surface area (Å²) in [6.07, 6.45) is 1.18. The van der Waals surface area contributed by atoms with Crippen LogP contribution in [0.5, 0.6) is 0 Å². The fourth-order valence-electron chi connectivity index (χ4n) is 1.61. The Labute approximate surface area is 102 Å². The molecule has 0 unspecified atom stereocenters. The third kappa shape index (κ3) is 4.34. The van der Waals surface area contributed by atoms with Crippen LogP contribution >= 0.6 is 0 Å². The zero-order valence-corrected chi connectivity index (χ0v) is 10.5. The molecule has 0 amide bonds. The van der Waals surface area contributed by atoms with Crippen molar-refractivity contribution in [2.45, 2.75) is 26.7 Å². The minimum Gasteiger partial charge on any atom is -0.466 e. The molecule has 0 fully saturated rings. The van der Waals surface area contributed by atoms with Crippen LogP contribution in [-0.4, -0.2) is 19.1 Å². The molecule has 1 aromatic rings. The molecular weight excluding hydrogens is 216 g/mol. The summed E-state index contributed by atoms with van der Waals surface area (Å²) in [5, 5.41) is 3.25. The first kappa shape index (κ1) is 13.4. The van der Waals surface area contributed by atoms with E-state index in [1.807, 2.05) is 32.0 Å². The topological polar surface area (TPSA) is 64.3 Å². The van der Waals surface area contributed by atoms with E-state index in [1.165, 1.54) is 0 Å². The van der Waals surface area contributed by atoms with Gasteiger partial charge in [0.2, 0.25) is 0 Å². The van der Waals surface area contributed by atoms with Crippen LogP contribution in [0.1, 0.15) is 25.3 Å². The molecule has 0 aliphatic rings. The lowest BCUT2D eigenvalue weighted by Gasteiger charge is -2.11. The summed E-state index contributed by atoms with van der Waals surface area (Å²) in [5.74, 6) is -0.146. The number of ether oxygens (including phenoxy) is 1. The number of benzene rings is 1. The maximum Gasteiger partial charge on any atom is 0.305 e. The van der Waals surface area contributed by atoms with Gasteiger partial charge in [0.1, 0.15) is 0 Å². The van der Waals surface area contributed by atoms with E-state index in [9.17, 15) is 4.79 Å². The molecule has 0 aliphatic heterocycles. The summed E-state index contributed by atoms with van der Waals surface area (Å²) in [5.41, 5.74) is 8.66. The van der Waals surface area contributed by atoms with E-state index < -0.39 is 0 Å². The summed E-state index contributed by atoms with van der Waals surface area (Å²) in [7, 11) is 0. The lowest BCUT2D eigenvalue weighted by Crippen LogP contribution is -2.09. The van der Waals surface area contributed by atoms with Crippen LogP contribution in [0, 0.1) is 6.92 Å². The molecule has 17 heavy (non-hydrogen) atoms. The average Bonchev–Trinajstić information content (AvgIpc) is 2.28. The van der Waals surface area contributed by atoms with Gasteiger partial charge in [0.25, 0.3) is 0 Å². The van der Waals surface area contributed by atoms with Crippen LogP contribution in [0.3, 0.4) is 0 Å². The fraction of sp³-hybridized carbons (Fsp3) is 0.462. The molecule has 0 saturated carbocycles. The molecular formula is C13H20N2O2. The van der Waals surface area contributed by atoms with Gasteiger partial charge in [-0.25, -0.2) is 0 Å². The number of anilines is 2. The van der Waals surface area contributed by atoms with Crippen molar-refractivity contribution < 1.29 is 9.53 Å². The summed E-state index contributed by atoms with van der Waals surface area (Å²) >= 11 is 0. The van der Waals surface area contributed by atoms with E-state index in [0.29, 0.717) is 19.6 Å². The van der Waals surface area contributed by atoms with Gasteiger partial charge in [0.05, 0.1) is 18.0 Å². The number of hydrogen-bond donors (Lipinski definition) is 2. The van der Waals surface area contributed by atoms with Crippen molar-refractivity contribution in [3.05, 3.63) is 23.8 Å². The first-order chi connectivity index (χ1) is 8.15. The zero-order valence-electron chi connectivity index (χ0n) is 10.5. The molecule has 0 atom stereocenters. The molecule has 0 bridgehead atoms. The second-order valence-corrected chi connectivity index (χ2v) is 3.87. The fourth-order valence-corrected chi connectivity index (χ4v) is 1.61. The third-order valence-corrected chi connectivity index (χ3v) is 2.47. The van der Waals surface area contributed by atoms with E-state index in [-0.39, 0.29) is 5.97 Å². The van der Waals surface area contributed by atoms with E-state index in [0.717, 1.165) is 23.4 Å². The number of carbonyl (C=O) groups excluding carboxylic acids is 1. The second-order valence-electron chi connectivity index (χ2n) is 3.87. The first-order valence-corrected chi connectivity index (χ1v) is 5.89. The predicted octanol–water partition coefficient (Wildman–Crippen LogP) is 2.33. The second kappa shape index (κ2) is 6.78. The number of esters is 1. The minimum absolute atomic E-state index is 0.146. The number of para-hydroxylation sites is 1. The van der Waals surface area contributed by atoms with Gasteiger partial charge >= 0.3 is 5.97 Å². The SMILES string of the molecule is CCOC(=O)CCCNc1c(C)cccc1N. The van der Waals surface area contributed by atoms with Gasteiger partial charge in [-0.3, -0.25) is 4.79 Å². The highest BCUT2D eigenvalue weighted by Crippen LogP contribution is 2.22. The summed E-state index contributed by atoms with van der Waals surface area (Å²) in [4.78, 5) is 11.1. The molecule has 4 nitrogen and oxygen atoms in total. The van der Waals surface area contributed by atoms with E-state index >= 15 is 0 Å². The Balaban J connectivity index is 2.34. The number of hydrogen-bond acceptors (Lipinski definition) is 4. The van der Waals surface area contributed by atoms with Crippen molar-refractivity contribution in [1.82, 2.24) is 0 Å². The highest BCUT2D eigenvalue weighted by Gasteiger charge is 2.03.